The van der Waals surface area contributed by atoms with Gasteiger partial charge in [-0.2, -0.15) is 4.68 Å². The zero-order valence-electron chi connectivity index (χ0n) is 17.8. The zero-order chi connectivity index (χ0) is 22.8. The van der Waals surface area contributed by atoms with Crippen molar-refractivity contribution in [2.45, 2.75) is 26.9 Å². The minimum atomic E-state index is -0.542. The Balaban J connectivity index is 1.42. The molecule has 0 bridgehead atoms. The number of rotatable bonds is 6. The Bertz CT molecular complexity index is 1130. The molecule has 10 nitrogen and oxygen atoms in total. The predicted molar refractivity (Wildman–Crippen MR) is 117 cm³/mol. The van der Waals surface area contributed by atoms with Gasteiger partial charge in [0.1, 0.15) is 5.76 Å². The molecule has 0 atom stereocenters. The fourth-order valence-electron chi connectivity index (χ4n) is 3.74. The Morgan fingerprint density at radius 1 is 1.16 bits per heavy atom. The highest BCUT2D eigenvalue weighted by molar-refractivity contribution is 6.30. The van der Waals surface area contributed by atoms with E-state index in [9.17, 15) is 14.9 Å². The second-order valence-corrected chi connectivity index (χ2v) is 8.26. The highest BCUT2D eigenvalue weighted by atomic mass is 35.5. The van der Waals surface area contributed by atoms with Gasteiger partial charge < -0.3 is 19.5 Å². The van der Waals surface area contributed by atoms with E-state index in [1.165, 1.54) is 16.3 Å². The Morgan fingerprint density at radius 2 is 1.84 bits per heavy atom. The number of nitro groups is 1. The van der Waals surface area contributed by atoms with Gasteiger partial charge in [-0.05, 0) is 36.5 Å². The van der Waals surface area contributed by atoms with Gasteiger partial charge in [0.15, 0.2) is 5.69 Å². The van der Waals surface area contributed by atoms with E-state index in [0.29, 0.717) is 35.1 Å². The van der Waals surface area contributed by atoms with Crippen molar-refractivity contribution in [3.05, 3.63) is 73.7 Å². The summed E-state index contributed by atoms with van der Waals surface area (Å²) >= 11 is 5.95. The SMILES string of the molecule is Cc1onc(C(=O)N2CCN(Cc3ccc(Cl)cc3)CC2)c1Cn1nc([N+](=O)[O-])cc1C. The number of amides is 1. The van der Waals surface area contributed by atoms with Crippen LogP contribution in [0.25, 0.3) is 0 Å². The van der Waals surface area contributed by atoms with Crippen LogP contribution in [0.15, 0.2) is 34.9 Å². The lowest BCUT2D eigenvalue weighted by molar-refractivity contribution is -0.389. The van der Waals surface area contributed by atoms with Crippen molar-refractivity contribution in [2.24, 2.45) is 0 Å². The molecule has 3 aromatic rings. The van der Waals surface area contributed by atoms with Crippen LogP contribution in [0.3, 0.4) is 0 Å². The van der Waals surface area contributed by atoms with Crippen molar-refractivity contribution >= 4 is 23.3 Å². The number of benzene rings is 1. The fraction of sp³-hybridized carbons (Fsp3) is 0.381. The van der Waals surface area contributed by atoms with E-state index in [1.807, 2.05) is 24.3 Å². The normalized spacial score (nSPS) is 14.7. The molecular weight excluding hydrogens is 436 g/mol. The largest absolute Gasteiger partial charge is 0.390 e. The second kappa shape index (κ2) is 9.09. The lowest BCUT2D eigenvalue weighted by Crippen LogP contribution is -2.48. The fourth-order valence-corrected chi connectivity index (χ4v) is 3.87. The van der Waals surface area contributed by atoms with Crippen LogP contribution in [0.2, 0.25) is 5.02 Å². The van der Waals surface area contributed by atoms with E-state index in [1.54, 1.807) is 18.7 Å². The average Bonchev–Trinajstić information content (AvgIpc) is 3.33. The van der Waals surface area contributed by atoms with Gasteiger partial charge in [0.25, 0.3) is 5.91 Å². The summed E-state index contributed by atoms with van der Waals surface area (Å²) in [6.45, 7) is 7.04. The van der Waals surface area contributed by atoms with Crippen molar-refractivity contribution in [1.82, 2.24) is 24.7 Å². The van der Waals surface area contributed by atoms with Crippen molar-refractivity contribution in [2.75, 3.05) is 26.2 Å². The van der Waals surface area contributed by atoms with Gasteiger partial charge in [-0.3, -0.25) is 9.69 Å². The van der Waals surface area contributed by atoms with E-state index in [2.05, 4.69) is 15.2 Å². The molecule has 2 aromatic heterocycles. The number of halogens is 1. The van der Waals surface area contributed by atoms with Crippen LogP contribution in [0.4, 0.5) is 5.82 Å². The third kappa shape index (κ3) is 4.66. The molecular formula is C21H23ClN6O4. The highest BCUT2D eigenvalue weighted by Gasteiger charge is 2.29. The van der Waals surface area contributed by atoms with Gasteiger partial charge in [-0.15, -0.1) is 0 Å². The van der Waals surface area contributed by atoms with Crippen molar-refractivity contribution < 1.29 is 14.2 Å². The molecule has 1 fully saturated rings. The monoisotopic (exact) mass is 458 g/mol. The first-order valence-corrected chi connectivity index (χ1v) is 10.6. The number of aromatic nitrogens is 3. The number of piperazine rings is 1. The number of carbonyl (C=O) groups is 1. The molecule has 1 amide bonds. The molecule has 32 heavy (non-hydrogen) atoms. The van der Waals surface area contributed by atoms with Gasteiger partial charge in [0, 0.05) is 37.7 Å². The quantitative estimate of drug-likeness (QED) is 0.412. The Morgan fingerprint density at radius 3 is 2.47 bits per heavy atom. The topological polar surface area (TPSA) is 111 Å². The molecule has 1 saturated heterocycles. The summed E-state index contributed by atoms with van der Waals surface area (Å²) in [5.74, 6) is 0.0517. The van der Waals surface area contributed by atoms with Crippen LogP contribution in [0.1, 0.15) is 33.1 Å². The van der Waals surface area contributed by atoms with E-state index >= 15 is 0 Å². The molecule has 0 radical (unpaired) electrons. The molecule has 0 spiro atoms. The van der Waals surface area contributed by atoms with E-state index < -0.39 is 4.92 Å². The van der Waals surface area contributed by atoms with Gasteiger partial charge in [0.2, 0.25) is 0 Å². The molecule has 1 aliphatic rings. The van der Waals surface area contributed by atoms with Crippen molar-refractivity contribution in [3.8, 4) is 0 Å². The lowest BCUT2D eigenvalue weighted by Gasteiger charge is -2.34. The smallest absolute Gasteiger partial charge is 0.361 e. The van der Waals surface area contributed by atoms with E-state index in [0.717, 1.165) is 19.6 Å². The maximum atomic E-state index is 13.2. The number of carbonyl (C=O) groups excluding carboxylic acids is 1. The van der Waals surface area contributed by atoms with E-state index in [-0.39, 0.29) is 24.0 Å². The summed E-state index contributed by atoms with van der Waals surface area (Å²) in [7, 11) is 0. The summed E-state index contributed by atoms with van der Waals surface area (Å²) in [5.41, 5.74) is 2.60. The summed E-state index contributed by atoms with van der Waals surface area (Å²) in [6.07, 6.45) is 0. The highest BCUT2D eigenvalue weighted by Crippen LogP contribution is 2.21. The predicted octanol–water partition coefficient (Wildman–Crippen LogP) is 3.06. The molecule has 11 heteroatoms. The van der Waals surface area contributed by atoms with Crippen LogP contribution in [0.5, 0.6) is 0 Å². The average molecular weight is 459 g/mol. The Hall–Kier alpha value is -3.24. The Labute approximate surface area is 189 Å². The first kappa shape index (κ1) is 22.0. The second-order valence-electron chi connectivity index (χ2n) is 7.82. The van der Waals surface area contributed by atoms with Crippen molar-refractivity contribution in [3.63, 3.8) is 0 Å². The molecule has 168 valence electrons. The first-order valence-electron chi connectivity index (χ1n) is 10.2. The van der Waals surface area contributed by atoms with Crippen LogP contribution in [-0.4, -0.2) is 61.7 Å². The molecule has 0 unspecified atom stereocenters. The number of aryl methyl sites for hydroxylation is 2. The van der Waals surface area contributed by atoms with Crippen molar-refractivity contribution in [1.29, 1.82) is 0 Å². The van der Waals surface area contributed by atoms with Gasteiger partial charge >= 0.3 is 5.82 Å². The number of hydrogen-bond acceptors (Lipinski definition) is 7. The maximum Gasteiger partial charge on any atom is 0.390 e. The van der Waals surface area contributed by atoms with Gasteiger partial charge in [0.05, 0.1) is 29.0 Å². The minimum absolute atomic E-state index is 0.173. The molecule has 3 heterocycles. The van der Waals surface area contributed by atoms with E-state index in [4.69, 9.17) is 16.1 Å². The molecule has 1 aliphatic heterocycles. The van der Waals surface area contributed by atoms with Crippen LogP contribution in [-0.2, 0) is 13.1 Å². The zero-order valence-corrected chi connectivity index (χ0v) is 18.6. The standard InChI is InChI=1S/C21H23ClN6O4/c1-14-11-19(28(30)31)23-27(14)13-18-15(2)32-24-20(18)21(29)26-9-7-25(8-10-26)12-16-3-5-17(22)6-4-16/h3-6,11H,7-10,12-13H2,1-2H3. The molecule has 0 aliphatic carbocycles. The summed E-state index contributed by atoms with van der Waals surface area (Å²) in [5, 5.41) is 19.7. The Kier molecular flexibility index (Phi) is 6.24. The van der Waals surface area contributed by atoms with Gasteiger partial charge in [-0.25, -0.2) is 0 Å². The van der Waals surface area contributed by atoms with Gasteiger partial charge in [-0.1, -0.05) is 28.9 Å². The van der Waals surface area contributed by atoms with Crippen LogP contribution < -0.4 is 0 Å². The maximum absolute atomic E-state index is 13.2. The number of nitrogens with zero attached hydrogens (tertiary/aromatic N) is 6. The minimum Gasteiger partial charge on any atom is -0.361 e. The molecule has 0 saturated carbocycles. The third-order valence-corrected chi connectivity index (χ3v) is 5.88. The van der Waals surface area contributed by atoms with Crippen LogP contribution >= 0.6 is 11.6 Å². The van der Waals surface area contributed by atoms with Crippen LogP contribution in [0, 0.1) is 24.0 Å². The molecule has 0 N–H and O–H groups in total. The summed E-state index contributed by atoms with van der Waals surface area (Å²) in [4.78, 5) is 27.7. The summed E-state index contributed by atoms with van der Waals surface area (Å²) in [6, 6.07) is 9.16. The lowest BCUT2D eigenvalue weighted by atomic mass is 10.1. The summed E-state index contributed by atoms with van der Waals surface area (Å²) < 4.78 is 6.77. The number of hydrogen-bond donors (Lipinski definition) is 0. The first-order chi connectivity index (χ1) is 15.3. The molecule has 1 aromatic carbocycles. The third-order valence-electron chi connectivity index (χ3n) is 5.63. The molecule has 4 rings (SSSR count).